The molecule has 3 heterocycles. The van der Waals surface area contributed by atoms with Crippen molar-refractivity contribution in [2.45, 2.75) is 37.9 Å². The summed E-state index contributed by atoms with van der Waals surface area (Å²) in [5.74, 6) is 0.825. The predicted octanol–water partition coefficient (Wildman–Crippen LogP) is 3.60. The van der Waals surface area contributed by atoms with Gasteiger partial charge < -0.3 is 10.2 Å². The first kappa shape index (κ1) is 21.5. The third-order valence-electron chi connectivity index (χ3n) is 5.97. The van der Waals surface area contributed by atoms with Crippen molar-refractivity contribution in [3.63, 3.8) is 0 Å². The summed E-state index contributed by atoms with van der Waals surface area (Å²) in [7, 11) is 0. The van der Waals surface area contributed by atoms with Crippen LogP contribution in [0.2, 0.25) is 0 Å². The number of nitrogens with zero attached hydrogens (tertiary/aromatic N) is 5. The van der Waals surface area contributed by atoms with Gasteiger partial charge >= 0.3 is 0 Å². The Morgan fingerprint density at radius 3 is 2.61 bits per heavy atom. The van der Waals surface area contributed by atoms with Crippen LogP contribution < -0.4 is 5.32 Å². The van der Waals surface area contributed by atoms with Crippen molar-refractivity contribution in [2.24, 2.45) is 0 Å². The van der Waals surface area contributed by atoms with E-state index in [1.807, 2.05) is 62.4 Å². The number of aromatic nitrogens is 4. The fraction of sp³-hybridized carbons (Fsp3) is 0.333. The molecule has 170 valence electrons. The Labute approximate surface area is 196 Å². The van der Waals surface area contributed by atoms with Crippen LogP contribution in [0.5, 0.6) is 0 Å². The molecule has 8 nitrogen and oxygen atoms in total. The van der Waals surface area contributed by atoms with E-state index in [2.05, 4.69) is 22.4 Å². The molecule has 1 N–H and O–H groups in total. The van der Waals surface area contributed by atoms with Gasteiger partial charge in [-0.25, -0.2) is 0 Å². The van der Waals surface area contributed by atoms with Crippen LogP contribution >= 0.6 is 11.8 Å². The SMILES string of the molecule is CCc1cccc(NC(=O)CSc2nnc3n(CC(=O)N4CCCC4)c4ccccc4n23)c1. The van der Waals surface area contributed by atoms with Gasteiger partial charge in [0.25, 0.3) is 0 Å². The van der Waals surface area contributed by atoms with Crippen LogP contribution in [0.1, 0.15) is 25.3 Å². The van der Waals surface area contributed by atoms with E-state index in [-0.39, 0.29) is 24.1 Å². The molecule has 9 heteroatoms. The zero-order chi connectivity index (χ0) is 22.8. The second-order valence-electron chi connectivity index (χ2n) is 8.17. The molecule has 1 saturated heterocycles. The number of aryl methyl sites for hydroxylation is 1. The molecule has 0 radical (unpaired) electrons. The van der Waals surface area contributed by atoms with Crippen molar-refractivity contribution in [1.82, 2.24) is 24.1 Å². The second-order valence-corrected chi connectivity index (χ2v) is 9.11. The molecule has 2 aromatic carbocycles. The highest BCUT2D eigenvalue weighted by atomic mass is 32.2. The Balaban J connectivity index is 1.37. The molecule has 2 amide bonds. The normalized spacial score (nSPS) is 13.8. The highest BCUT2D eigenvalue weighted by molar-refractivity contribution is 7.99. The number of hydrogen-bond donors (Lipinski definition) is 1. The molecule has 2 aromatic heterocycles. The summed E-state index contributed by atoms with van der Waals surface area (Å²) in [6.45, 7) is 3.95. The van der Waals surface area contributed by atoms with Crippen molar-refractivity contribution in [3.05, 3.63) is 54.1 Å². The van der Waals surface area contributed by atoms with Crippen molar-refractivity contribution in [2.75, 3.05) is 24.2 Å². The number of benzene rings is 2. The number of carbonyl (C=O) groups is 2. The molecule has 0 spiro atoms. The highest BCUT2D eigenvalue weighted by Crippen LogP contribution is 2.26. The average molecular weight is 463 g/mol. The van der Waals surface area contributed by atoms with Crippen LogP contribution in [-0.2, 0) is 22.6 Å². The van der Waals surface area contributed by atoms with Crippen LogP contribution in [0.15, 0.2) is 53.7 Å². The summed E-state index contributed by atoms with van der Waals surface area (Å²) in [4.78, 5) is 27.3. The molecule has 0 saturated carbocycles. The first-order chi connectivity index (χ1) is 16.1. The van der Waals surface area contributed by atoms with E-state index in [4.69, 9.17) is 0 Å². The number of para-hydroxylation sites is 2. The number of rotatable bonds is 7. The van der Waals surface area contributed by atoms with E-state index < -0.39 is 0 Å². The standard InChI is InChI=1S/C24H26N6O2S/c1-2-17-8-7-9-18(14-17)25-21(31)16-33-24-27-26-23-29(15-22(32)28-12-5-6-13-28)19-10-3-4-11-20(19)30(23)24/h3-4,7-11,14H,2,5-6,12-13,15-16H2,1H3,(H,25,31). The summed E-state index contributed by atoms with van der Waals surface area (Å²) in [5.41, 5.74) is 3.82. The third-order valence-corrected chi connectivity index (χ3v) is 6.90. The molecule has 1 aliphatic heterocycles. The third kappa shape index (κ3) is 4.32. The number of imidazole rings is 1. The Morgan fingerprint density at radius 2 is 1.82 bits per heavy atom. The first-order valence-corrected chi connectivity index (χ1v) is 12.2. The van der Waals surface area contributed by atoms with Crippen molar-refractivity contribution >= 4 is 46.1 Å². The van der Waals surface area contributed by atoms with Gasteiger partial charge in [0.05, 0.1) is 16.8 Å². The zero-order valence-electron chi connectivity index (χ0n) is 18.5. The van der Waals surface area contributed by atoms with Crippen molar-refractivity contribution < 1.29 is 9.59 Å². The predicted molar refractivity (Wildman–Crippen MR) is 129 cm³/mol. The van der Waals surface area contributed by atoms with Gasteiger partial charge in [-0.15, -0.1) is 10.2 Å². The lowest BCUT2D eigenvalue weighted by molar-refractivity contribution is -0.130. The number of hydrogen-bond acceptors (Lipinski definition) is 5. The molecule has 1 aliphatic rings. The molecule has 1 fully saturated rings. The van der Waals surface area contributed by atoms with Crippen molar-refractivity contribution in [3.8, 4) is 0 Å². The minimum Gasteiger partial charge on any atom is -0.341 e. The molecule has 0 aliphatic carbocycles. The first-order valence-electron chi connectivity index (χ1n) is 11.3. The second kappa shape index (κ2) is 9.27. The number of amides is 2. The number of thioether (sulfide) groups is 1. The van der Waals surface area contributed by atoms with Gasteiger partial charge in [0.15, 0.2) is 5.16 Å². The van der Waals surface area contributed by atoms with Crippen LogP contribution in [0.25, 0.3) is 16.8 Å². The molecule has 0 bridgehead atoms. The van der Waals surface area contributed by atoms with Crippen LogP contribution in [-0.4, -0.2) is 54.7 Å². The van der Waals surface area contributed by atoms with Crippen LogP contribution in [0, 0.1) is 0 Å². The Kier molecular flexibility index (Phi) is 6.04. The van der Waals surface area contributed by atoms with Gasteiger partial charge in [0, 0.05) is 18.8 Å². The van der Waals surface area contributed by atoms with Gasteiger partial charge in [0.1, 0.15) is 6.54 Å². The minimum absolute atomic E-state index is 0.0987. The van der Waals surface area contributed by atoms with Crippen molar-refractivity contribution in [1.29, 1.82) is 0 Å². The van der Waals surface area contributed by atoms with E-state index in [0.717, 1.165) is 49.1 Å². The zero-order valence-corrected chi connectivity index (χ0v) is 19.3. The van der Waals surface area contributed by atoms with Gasteiger partial charge in [-0.3, -0.25) is 18.6 Å². The number of carbonyl (C=O) groups excluding carboxylic acids is 2. The number of anilines is 1. The smallest absolute Gasteiger partial charge is 0.242 e. The number of nitrogens with one attached hydrogen (secondary N) is 1. The molecule has 0 atom stereocenters. The topological polar surface area (TPSA) is 84.5 Å². The van der Waals surface area contributed by atoms with E-state index in [1.54, 1.807) is 0 Å². The lowest BCUT2D eigenvalue weighted by Crippen LogP contribution is -2.31. The van der Waals surface area contributed by atoms with Gasteiger partial charge in [0.2, 0.25) is 17.6 Å². The summed E-state index contributed by atoms with van der Waals surface area (Å²) >= 11 is 1.33. The fourth-order valence-corrected chi connectivity index (χ4v) is 5.02. The van der Waals surface area contributed by atoms with E-state index >= 15 is 0 Å². The van der Waals surface area contributed by atoms with Crippen LogP contribution in [0.3, 0.4) is 0 Å². The molecular formula is C24H26N6O2S. The molecule has 33 heavy (non-hydrogen) atoms. The maximum atomic E-state index is 12.8. The fourth-order valence-electron chi connectivity index (χ4n) is 4.28. The minimum atomic E-state index is -0.0991. The largest absolute Gasteiger partial charge is 0.341 e. The van der Waals surface area contributed by atoms with Gasteiger partial charge in [-0.2, -0.15) is 0 Å². The van der Waals surface area contributed by atoms with Gasteiger partial charge in [-0.05, 0) is 49.1 Å². The van der Waals surface area contributed by atoms with E-state index in [0.29, 0.717) is 10.9 Å². The Morgan fingerprint density at radius 1 is 1.03 bits per heavy atom. The maximum absolute atomic E-state index is 12.8. The Bertz CT molecular complexity index is 1320. The highest BCUT2D eigenvalue weighted by Gasteiger charge is 2.23. The quantitative estimate of drug-likeness (QED) is 0.424. The summed E-state index contributed by atoms with van der Waals surface area (Å²) in [6.07, 6.45) is 3.04. The lowest BCUT2D eigenvalue weighted by Gasteiger charge is -2.15. The summed E-state index contributed by atoms with van der Waals surface area (Å²) in [5, 5.41) is 12.3. The summed E-state index contributed by atoms with van der Waals surface area (Å²) < 4.78 is 3.85. The van der Waals surface area contributed by atoms with Gasteiger partial charge in [-0.1, -0.05) is 43.0 Å². The Hall–Kier alpha value is -3.33. The average Bonchev–Trinajstić information content (AvgIpc) is 3.57. The molecule has 5 rings (SSSR count). The maximum Gasteiger partial charge on any atom is 0.242 e. The molecule has 4 aromatic rings. The monoisotopic (exact) mass is 462 g/mol. The van der Waals surface area contributed by atoms with E-state index in [1.165, 1.54) is 17.3 Å². The molecule has 0 unspecified atom stereocenters. The summed E-state index contributed by atoms with van der Waals surface area (Å²) in [6, 6.07) is 15.8. The van der Waals surface area contributed by atoms with E-state index in [9.17, 15) is 9.59 Å². The lowest BCUT2D eigenvalue weighted by atomic mass is 10.1. The molecular weight excluding hydrogens is 436 g/mol. The number of fused-ring (bicyclic) bond motifs is 3. The number of likely N-dealkylation sites (tertiary alicyclic amines) is 1. The van der Waals surface area contributed by atoms with Crippen LogP contribution in [0.4, 0.5) is 5.69 Å².